The Morgan fingerprint density at radius 2 is 1.90 bits per heavy atom. The van der Waals surface area contributed by atoms with Crippen molar-refractivity contribution in [3.05, 3.63) is 87.3 Å². The second-order valence-electron chi connectivity index (χ2n) is 7.63. The van der Waals surface area contributed by atoms with Crippen molar-refractivity contribution in [1.29, 1.82) is 0 Å². The molecule has 0 fully saturated rings. The number of rotatable bonds is 7. The Morgan fingerprint density at radius 3 is 2.65 bits per heavy atom. The average molecular weight is 435 g/mol. The molecule has 4 rings (SSSR count). The van der Waals surface area contributed by atoms with E-state index in [9.17, 15) is 9.59 Å². The van der Waals surface area contributed by atoms with Crippen molar-refractivity contribution in [1.82, 2.24) is 14.9 Å². The maximum atomic E-state index is 12.6. The highest BCUT2D eigenvalue weighted by Crippen LogP contribution is 2.20. The third-order valence-corrected chi connectivity index (χ3v) is 6.23. The highest BCUT2D eigenvalue weighted by Gasteiger charge is 2.21. The number of aromatic nitrogens is 2. The summed E-state index contributed by atoms with van der Waals surface area (Å²) >= 11 is 1.25. The summed E-state index contributed by atoms with van der Waals surface area (Å²) in [5.41, 5.74) is 4.69. The van der Waals surface area contributed by atoms with Crippen molar-refractivity contribution in [2.24, 2.45) is 0 Å². The molecule has 0 saturated carbocycles. The molecule has 3 aromatic rings. The van der Waals surface area contributed by atoms with Gasteiger partial charge in [0.05, 0.1) is 17.0 Å². The van der Waals surface area contributed by atoms with Gasteiger partial charge in [0.25, 0.3) is 5.56 Å². The molecule has 2 aromatic carbocycles. The Kier molecular flexibility index (Phi) is 6.84. The van der Waals surface area contributed by atoms with Crippen LogP contribution in [0.25, 0.3) is 0 Å². The van der Waals surface area contributed by atoms with Crippen molar-refractivity contribution >= 4 is 23.4 Å². The molecule has 0 spiro atoms. The van der Waals surface area contributed by atoms with Gasteiger partial charge < -0.3 is 10.3 Å². The lowest BCUT2D eigenvalue weighted by molar-refractivity contribution is -0.113. The number of aromatic amines is 1. The van der Waals surface area contributed by atoms with E-state index in [-0.39, 0.29) is 17.2 Å². The molecule has 1 aliphatic heterocycles. The van der Waals surface area contributed by atoms with Crippen molar-refractivity contribution in [3.8, 4) is 0 Å². The van der Waals surface area contributed by atoms with Crippen molar-refractivity contribution in [2.75, 3.05) is 17.6 Å². The van der Waals surface area contributed by atoms with E-state index in [2.05, 4.69) is 39.2 Å². The molecule has 0 atom stereocenters. The third-order valence-electron chi connectivity index (χ3n) is 5.36. The number of H-pyrrole nitrogens is 1. The molecule has 2 heterocycles. The standard InChI is InChI=1S/C24H26N4O2S/c1-2-17-8-10-19(11-9-17)25-22(29)16-31-24-26-21-12-13-28(15-20(21)23(30)27-24)14-18-6-4-3-5-7-18/h3-11H,2,12-16H2,1H3,(H,25,29)(H,26,27,30). The quantitative estimate of drug-likeness (QED) is 0.439. The third kappa shape index (κ3) is 5.62. The first-order chi connectivity index (χ1) is 15.1. The number of fused-ring (bicyclic) bond motifs is 1. The first-order valence-electron chi connectivity index (χ1n) is 10.5. The Morgan fingerprint density at radius 1 is 1.13 bits per heavy atom. The normalized spacial score (nSPS) is 13.6. The maximum Gasteiger partial charge on any atom is 0.256 e. The summed E-state index contributed by atoms with van der Waals surface area (Å²) in [5.74, 6) is 0.0702. The van der Waals surface area contributed by atoms with Crippen LogP contribution in [0.4, 0.5) is 5.69 Å². The second-order valence-corrected chi connectivity index (χ2v) is 8.59. The number of carbonyl (C=O) groups is 1. The Bertz CT molecular complexity index is 1100. The van der Waals surface area contributed by atoms with E-state index in [1.54, 1.807) is 0 Å². The van der Waals surface area contributed by atoms with Crippen LogP contribution in [0, 0.1) is 0 Å². The summed E-state index contributed by atoms with van der Waals surface area (Å²) in [7, 11) is 0. The van der Waals surface area contributed by atoms with Crippen LogP contribution in [0.1, 0.15) is 29.3 Å². The lowest BCUT2D eigenvalue weighted by Crippen LogP contribution is -2.35. The molecule has 0 saturated heterocycles. The number of anilines is 1. The molecule has 0 radical (unpaired) electrons. The zero-order valence-electron chi connectivity index (χ0n) is 17.6. The van der Waals surface area contributed by atoms with Crippen LogP contribution in [0.5, 0.6) is 0 Å². The monoisotopic (exact) mass is 434 g/mol. The molecular weight excluding hydrogens is 408 g/mol. The fraction of sp³-hybridized carbons (Fsp3) is 0.292. The highest BCUT2D eigenvalue weighted by molar-refractivity contribution is 7.99. The summed E-state index contributed by atoms with van der Waals surface area (Å²) in [4.78, 5) is 34.6. The van der Waals surface area contributed by atoms with Crippen LogP contribution in [0.15, 0.2) is 64.5 Å². The van der Waals surface area contributed by atoms with Crippen LogP contribution >= 0.6 is 11.8 Å². The van der Waals surface area contributed by atoms with Crippen molar-refractivity contribution in [2.45, 2.75) is 38.0 Å². The fourth-order valence-electron chi connectivity index (χ4n) is 3.66. The van der Waals surface area contributed by atoms with Gasteiger partial charge >= 0.3 is 0 Å². The van der Waals surface area contributed by atoms with Crippen LogP contribution < -0.4 is 10.9 Å². The minimum Gasteiger partial charge on any atom is -0.325 e. The van der Waals surface area contributed by atoms with E-state index >= 15 is 0 Å². The molecule has 0 bridgehead atoms. The zero-order valence-corrected chi connectivity index (χ0v) is 18.4. The predicted molar refractivity (Wildman–Crippen MR) is 124 cm³/mol. The molecule has 0 aliphatic carbocycles. The van der Waals surface area contributed by atoms with Gasteiger partial charge in [-0.3, -0.25) is 14.5 Å². The number of hydrogen-bond acceptors (Lipinski definition) is 5. The predicted octanol–water partition coefficient (Wildman–Crippen LogP) is 3.62. The van der Waals surface area contributed by atoms with Crippen LogP contribution in [0.3, 0.4) is 0 Å². The summed E-state index contributed by atoms with van der Waals surface area (Å²) < 4.78 is 0. The van der Waals surface area contributed by atoms with Gasteiger partial charge in [-0.1, -0.05) is 61.2 Å². The Hall–Kier alpha value is -2.90. The number of aryl methyl sites for hydroxylation is 1. The first kappa shape index (κ1) is 21.3. The fourth-order valence-corrected chi connectivity index (χ4v) is 4.34. The molecule has 6 nitrogen and oxygen atoms in total. The number of nitrogens with one attached hydrogen (secondary N) is 2. The zero-order chi connectivity index (χ0) is 21.6. The van der Waals surface area contributed by atoms with Crippen LogP contribution in [-0.4, -0.2) is 33.1 Å². The largest absolute Gasteiger partial charge is 0.325 e. The van der Waals surface area contributed by atoms with E-state index in [4.69, 9.17) is 0 Å². The van der Waals surface area contributed by atoms with Crippen molar-refractivity contribution < 1.29 is 4.79 Å². The lowest BCUT2D eigenvalue weighted by Gasteiger charge is -2.27. The van der Waals surface area contributed by atoms with E-state index in [0.29, 0.717) is 11.7 Å². The number of carbonyl (C=O) groups excluding carboxylic acids is 1. The van der Waals surface area contributed by atoms with E-state index in [0.717, 1.165) is 42.9 Å². The second kappa shape index (κ2) is 9.94. The maximum absolute atomic E-state index is 12.6. The van der Waals surface area contributed by atoms with E-state index in [1.165, 1.54) is 22.9 Å². The summed E-state index contributed by atoms with van der Waals surface area (Å²) in [6.45, 7) is 4.36. The minimum atomic E-state index is -0.122. The van der Waals surface area contributed by atoms with Gasteiger partial charge in [-0.2, -0.15) is 0 Å². The smallest absolute Gasteiger partial charge is 0.256 e. The first-order valence-corrected chi connectivity index (χ1v) is 11.5. The van der Waals surface area contributed by atoms with E-state index in [1.807, 2.05) is 42.5 Å². The number of amides is 1. The average Bonchev–Trinajstić information content (AvgIpc) is 2.79. The molecule has 1 aliphatic rings. The molecule has 0 unspecified atom stereocenters. The Balaban J connectivity index is 1.35. The minimum absolute atomic E-state index is 0.110. The number of hydrogen-bond donors (Lipinski definition) is 2. The summed E-state index contributed by atoms with van der Waals surface area (Å²) in [6.07, 6.45) is 1.70. The van der Waals surface area contributed by atoms with Gasteiger partial charge in [-0.25, -0.2) is 4.98 Å². The summed E-state index contributed by atoms with van der Waals surface area (Å²) in [6, 6.07) is 18.1. The molecular formula is C24H26N4O2S. The number of nitrogens with zero attached hydrogens (tertiary/aromatic N) is 2. The van der Waals surface area contributed by atoms with Gasteiger partial charge in [-0.05, 0) is 29.7 Å². The molecule has 1 amide bonds. The molecule has 160 valence electrons. The van der Waals surface area contributed by atoms with Gasteiger partial charge in [-0.15, -0.1) is 0 Å². The molecule has 31 heavy (non-hydrogen) atoms. The van der Waals surface area contributed by atoms with E-state index < -0.39 is 0 Å². The molecule has 1 aromatic heterocycles. The van der Waals surface area contributed by atoms with Gasteiger partial charge in [0.1, 0.15) is 0 Å². The van der Waals surface area contributed by atoms with Crippen molar-refractivity contribution in [3.63, 3.8) is 0 Å². The molecule has 7 heteroatoms. The van der Waals surface area contributed by atoms with Crippen LogP contribution in [0.2, 0.25) is 0 Å². The topological polar surface area (TPSA) is 78.1 Å². The number of thioether (sulfide) groups is 1. The van der Waals surface area contributed by atoms with Gasteiger partial charge in [0.15, 0.2) is 5.16 Å². The SMILES string of the molecule is CCc1ccc(NC(=O)CSc2nc3c(c(=O)[nH]2)CN(Cc2ccccc2)CC3)cc1. The van der Waals surface area contributed by atoms with Crippen LogP contribution in [-0.2, 0) is 30.7 Å². The molecule has 2 N–H and O–H groups in total. The number of benzene rings is 2. The van der Waals surface area contributed by atoms with Gasteiger partial charge in [0.2, 0.25) is 5.91 Å². The summed E-state index contributed by atoms with van der Waals surface area (Å²) in [5, 5.41) is 3.38. The Labute approximate surface area is 186 Å². The highest BCUT2D eigenvalue weighted by atomic mass is 32.2. The van der Waals surface area contributed by atoms with Gasteiger partial charge in [0, 0.05) is 31.7 Å². The lowest BCUT2D eigenvalue weighted by atomic mass is 10.1.